The Kier molecular flexibility index (Phi) is 4.19. The second-order valence-electron chi connectivity index (χ2n) is 6.53. The van der Waals surface area contributed by atoms with Crippen LogP contribution in [-0.2, 0) is 4.74 Å². The quantitative estimate of drug-likeness (QED) is 0.770. The van der Waals surface area contributed by atoms with Crippen LogP contribution in [0.5, 0.6) is 0 Å². The average Bonchev–Trinajstić information content (AvgIpc) is 2.68. The molecule has 0 unspecified atom stereocenters. The number of aromatic nitrogens is 1. The van der Waals surface area contributed by atoms with Crippen molar-refractivity contribution in [2.24, 2.45) is 0 Å². The number of hydrogen-bond acceptors (Lipinski definition) is 5. The van der Waals surface area contributed by atoms with Gasteiger partial charge in [0.1, 0.15) is 11.9 Å². The van der Waals surface area contributed by atoms with Crippen LogP contribution in [0.4, 0.5) is 11.5 Å². The van der Waals surface area contributed by atoms with E-state index in [0.29, 0.717) is 16.9 Å². The zero-order chi connectivity index (χ0) is 18.1. The zero-order valence-electron chi connectivity index (χ0n) is 14.7. The van der Waals surface area contributed by atoms with Gasteiger partial charge in [-0.05, 0) is 36.8 Å². The molecular formula is C21H20N4O. The van der Waals surface area contributed by atoms with Crippen LogP contribution < -0.4 is 10.6 Å². The molecule has 2 heterocycles. The lowest BCUT2D eigenvalue weighted by Gasteiger charge is -2.29. The van der Waals surface area contributed by atoms with Crippen molar-refractivity contribution in [3.8, 4) is 17.2 Å². The molecule has 1 aromatic heterocycles. The molecule has 1 aliphatic rings. The van der Waals surface area contributed by atoms with Crippen molar-refractivity contribution in [1.82, 2.24) is 4.98 Å². The third kappa shape index (κ3) is 2.85. The number of nitrogens with two attached hydrogens (primary N) is 1. The summed E-state index contributed by atoms with van der Waals surface area (Å²) < 4.78 is 5.41. The summed E-state index contributed by atoms with van der Waals surface area (Å²) in [6.07, 6.45) is 0. The standard InChI is InChI=1S/C21H20N4O/c1-14-2-7-19-17(12-14)18(13-22)20(21(23)24-19)15-3-5-16(6-4-15)25-8-10-26-11-9-25/h2-7,12H,8-11H2,1H3,(H2,23,24). The largest absolute Gasteiger partial charge is 0.383 e. The van der Waals surface area contributed by atoms with Gasteiger partial charge in [-0.25, -0.2) is 4.98 Å². The molecule has 1 aliphatic heterocycles. The molecule has 1 saturated heterocycles. The maximum absolute atomic E-state index is 9.80. The Morgan fingerprint density at radius 3 is 2.54 bits per heavy atom. The lowest BCUT2D eigenvalue weighted by atomic mass is 9.96. The highest BCUT2D eigenvalue weighted by molar-refractivity contribution is 5.96. The number of hydrogen-bond donors (Lipinski definition) is 1. The molecule has 4 rings (SSSR count). The highest BCUT2D eigenvalue weighted by Gasteiger charge is 2.16. The predicted octanol–water partition coefficient (Wildman–Crippen LogP) is 3.50. The first-order valence-electron chi connectivity index (χ1n) is 8.70. The van der Waals surface area contributed by atoms with E-state index in [1.807, 2.05) is 37.3 Å². The van der Waals surface area contributed by atoms with Crippen molar-refractivity contribution in [3.05, 3.63) is 53.6 Å². The van der Waals surface area contributed by atoms with Crippen LogP contribution >= 0.6 is 0 Å². The second kappa shape index (κ2) is 6.66. The van der Waals surface area contributed by atoms with Gasteiger partial charge in [-0.2, -0.15) is 5.26 Å². The number of nitrogens with zero attached hydrogens (tertiary/aromatic N) is 3. The van der Waals surface area contributed by atoms with E-state index in [1.54, 1.807) is 0 Å². The van der Waals surface area contributed by atoms with E-state index in [-0.39, 0.29) is 0 Å². The average molecular weight is 344 g/mol. The molecular weight excluding hydrogens is 324 g/mol. The van der Waals surface area contributed by atoms with Gasteiger partial charge >= 0.3 is 0 Å². The predicted molar refractivity (Wildman–Crippen MR) is 104 cm³/mol. The van der Waals surface area contributed by atoms with Gasteiger partial charge in [-0.3, -0.25) is 0 Å². The topological polar surface area (TPSA) is 75.2 Å². The van der Waals surface area contributed by atoms with Gasteiger partial charge in [-0.1, -0.05) is 23.8 Å². The van der Waals surface area contributed by atoms with Gasteiger partial charge in [-0.15, -0.1) is 0 Å². The Morgan fingerprint density at radius 1 is 1.12 bits per heavy atom. The Hall–Kier alpha value is -3.10. The van der Waals surface area contributed by atoms with Crippen LogP contribution in [-0.4, -0.2) is 31.3 Å². The minimum atomic E-state index is 0.386. The molecule has 5 nitrogen and oxygen atoms in total. The molecule has 0 aliphatic carbocycles. The molecule has 0 atom stereocenters. The number of benzene rings is 2. The van der Waals surface area contributed by atoms with Crippen molar-refractivity contribution in [3.63, 3.8) is 0 Å². The first kappa shape index (κ1) is 16.4. The highest BCUT2D eigenvalue weighted by Crippen LogP contribution is 2.34. The normalized spacial score (nSPS) is 14.4. The van der Waals surface area contributed by atoms with Gasteiger partial charge in [0.05, 0.1) is 24.3 Å². The van der Waals surface area contributed by atoms with Crippen molar-refractivity contribution < 1.29 is 4.74 Å². The smallest absolute Gasteiger partial charge is 0.133 e. The molecule has 3 aromatic rings. The lowest BCUT2D eigenvalue weighted by molar-refractivity contribution is 0.122. The number of nitrogen functional groups attached to an aromatic ring is 1. The summed E-state index contributed by atoms with van der Waals surface area (Å²) in [5.74, 6) is 0.386. The van der Waals surface area contributed by atoms with E-state index < -0.39 is 0 Å². The zero-order valence-corrected chi connectivity index (χ0v) is 14.7. The number of anilines is 2. The highest BCUT2D eigenvalue weighted by atomic mass is 16.5. The van der Waals surface area contributed by atoms with Crippen LogP contribution in [0.1, 0.15) is 11.1 Å². The summed E-state index contributed by atoms with van der Waals surface area (Å²) in [5.41, 5.74) is 11.4. The molecule has 2 aromatic carbocycles. The van der Waals surface area contributed by atoms with E-state index in [1.165, 1.54) is 0 Å². The van der Waals surface area contributed by atoms with E-state index in [0.717, 1.165) is 54.0 Å². The Balaban J connectivity index is 1.81. The Morgan fingerprint density at radius 2 is 1.85 bits per heavy atom. The SMILES string of the molecule is Cc1ccc2nc(N)c(-c3ccc(N4CCOCC4)cc3)c(C#N)c2c1. The molecule has 2 N–H and O–H groups in total. The Bertz CT molecular complexity index is 999. The second-order valence-corrected chi connectivity index (χ2v) is 6.53. The summed E-state index contributed by atoms with van der Waals surface area (Å²) in [6, 6.07) is 16.4. The van der Waals surface area contributed by atoms with Gasteiger partial charge in [0, 0.05) is 29.7 Å². The van der Waals surface area contributed by atoms with Crippen molar-refractivity contribution in [2.75, 3.05) is 36.9 Å². The molecule has 5 heteroatoms. The van der Waals surface area contributed by atoms with Crippen LogP contribution in [0.15, 0.2) is 42.5 Å². The number of morpholine rings is 1. The molecule has 0 radical (unpaired) electrons. The first-order chi connectivity index (χ1) is 12.7. The summed E-state index contributed by atoms with van der Waals surface area (Å²) in [5, 5.41) is 10.6. The summed E-state index contributed by atoms with van der Waals surface area (Å²) in [7, 11) is 0. The third-order valence-corrected chi connectivity index (χ3v) is 4.81. The fourth-order valence-corrected chi connectivity index (χ4v) is 3.46. The number of nitriles is 1. The van der Waals surface area contributed by atoms with E-state index in [2.05, 4.69) is 28.1 Å². The van der Waals surface area contributed by atoms with Crippen LogP contribution in [0.2, 0.25) is 0 Å². The number of rotatable bonds is 2. The van der Waals surface area contributed by atoms with Crippen LogP contribution in [0, 0.1) is 18.3 Å². The van der Waals surface area contributed by atoms with Crippen LogP contribution in [0.3, 0.4) is 0 Å². The number of ether oxygens (including phenoxy) is 1. The van der Waals surface area contributed by atoms with Gasteiger partial charge in [0.25, 0.3) is 0 Å². The van der Waals surface area contributed by atoms with E-state index in [4.69, 9.17) is 10.5 Å². The number of fused-ring (bicyclic) bond motifs is 1. The number of aryl methyl sites for hydroxylation is 1. The molecule has 130 valence electrons. The van der Waals surface area contributed by atoms with E-state index in [9.17, 15) is 5.26 Å². The van der Waals surface area contributed by atoms with E-state index >= 15 is 0 Å². The van der Waals surface area contributed by atoms with Gasteiger partial charge in [0.15, 0.2) is 0 Å². The minimum absolute atomic E-state index is 0.386. The first-order valence-corrected chi connectivity index (χ1v) is 8.70. The van der Waals surface area contributed by atoms with Gasteiger partial charge in [0.2, 0.25) is 0 Å². The molecule has 1 fully saturated rings. The number of pyridine rings is 1. The molecule has 26 heavy (non-hydrogen) atoms. The molecule has 0 amide bonds. The van der Waals surface area contributed by atoms with Crippen LogP contribution in [0.25, 0.3) is 22.0 Å². The monoisotopic (exact) mass is 344 g/mol. The maximum Gasteiger partial charge on any atom is 0.133 e. The fourth-order valence-electron chi connectivity index (χ4n) is 3.46. The summed E-state index contributed by atoms with van der Waals surface area (Å²) in [6.45, 7) is 5.29. The fraction of sp³-hybridized carbons (Fsp3) is 0.238. The molecule has 0 bridgehead atoms. The van der Waals surface area contributed by atoms with Crippen molar-refractivity contribution in [2.45, 2.75) is 6.92 Å². The third-order valence-electron chi connectivity index (χ3n) is 4.81. The lowest BCUT2D eigenvalue weighted by Crippen LogP contribution is -2.36. The molecule has 0 spiro atoms. The van der Waals surface area contributed by atoms with Crippen molar-refractivity contribution >= 4 is 22.4 Å². The maximum atomic E-state index is 9.80. The van der Waals surface area contributed by atoms with Gasteiger partial charge < -0.3 is 15.4 Å². The summed E-state index contributed by atoms with van der Waals surface area (Å²) in [4.78, 5) is 6.81. The van der Waals surface area contributed by atoms with Crippen molar-refractivity contribution in [1.29, 1.82) is 5.26 Å². The molecule has 0 saturated carbocycles. The summed E-state index contributed by atoms with van der Waals surface area (Å²) >= 11 is 0. The Labute approximate surface area is 152 Å². The minimum Gasteiger partial charge on any atom is -0.383 e.